The molecule has 0 aromatic heterocycles. The van der Waals surface area contributed by atoms with Crippen LogP contribution in [0, 0.1) is 5.92 Å². The summed E-state index contributed by atoms with van der Waals surface area (Å²) in [6, 6.07) is 7.87. The molecule has 1 amide bonds. The predicted molar refractivity (Wildman–Crippen MR) is 84.5 cm³/mol. The van der Waals surface area contributed by atoms with Gasteiger partial charge in [0.15, 0.2) is 0 Å². The minimum atomic E-state index is -0.251. The van der Waals surface area contributed by atoms with Crippen LogP contribution in [0.4, 0.5) is 0 Å². The molecule has 0 bridgehead atoms. The Labute approximate surface area is 131 Å². The topological polar surface area (TPSA) is 61.4 Å². The van der Waals surface area contributed by atoms with Gasteiger partial charge >= 0.3 is 0 Å². The number of rotatable bonds is 3. The summed E-state index contributed by atoms with van der Waals surface area (Å²) in [5.41, 5.74) is 2.34. The molecule has 1 fully saturated rings. The molecular weight excluding hydrogens is 288 g/mol. The fraction of sp³-hybridized carbons (Fsp3) is 0.562. The molecule has 1 saturated carbocycles. The van der Waals surface area contributed by atoms with Crippen molar-refractivity contribution in [3.63, 3.8) is 0 Å². The van der Waals surface area contributed by atoms with Crippen LogP contribution in [0.15, 0.2) is 24.3 Å². The predicted octanol–water partition coefficient (Wildman–Crippen LogP) is 1.57. The van der Waals surface area contributed by atoms with Gasteiger partial charge in [0.1, 0.15) is 6.04 Å². The standard InChI is InChI=1S/C16H22N2O2.ClH/c19-14-7-3-5-12(14)10-18-16(20)15-13-6-2-1-4-11(13)8-9-17-15;/h1-2,4,6,12,14-15,17,19H,3,5,7-10H2,(H,18,20);1H. The highest BCUT2D eigenvalue weighted by atomic mass is 35.5. The van der Waals surface area contributed by atoms with Crippen molar-refractivity contribution in [2.45, 2.75) is 37.8 Å². The van der Waals surface area contributed by atoms with Gasteiger partial charge in [-0.25, -0.2) is 0 Å². The van der Waals surface area contributed by atoms with Crippen molar-refractivity contribution in [3.8, 4) is 0 Å². The number of amides is 1. The van der Waals surface area contributed by atoms with Crippen LogP contribution >= 0.6 is 12.4 Å². The third-order valence-corrected chi connectivity index (χ3v) is 4.53. The first kappa shape index (κ1) is 16.3. The van der Waals surface area contributed by atoms with E-state index >= 15 is 0 Å². The van der Waals surface area contributed by atoms with Crippen LogP contribution in [-0.2, 0) is 11.2 Å². The molecular formula is C16H23ClN2O2. The van der Waals surface area contributed by atoms with E-state index in [4.69, 9.17) is 0 Å². The van der Waals surface area contributed by atoms with E-state index in [9.17, 15) is 9.90 Å². The lowest BCUT2D eigenvalue weighted by Crippen LogP contribution is -2.43. The minimum Gasteiger partial charge on any atom is -0.393 e. The molecule has 5 heteroatoms. The normalized spacial score (nSPS) is 27.6. The summed E-state index contributed by atoms with van der Waals surface area (Å²) in [5, 5.41) is 16.1. The molecule has 3 unspecified atom stereocenters. The average molecular weight is 311 g/mol. The van der Waals surface area contributed by atoms with Crippen molar-refractivity contribution < 1.29 is 9.90 Å². The molecule has 2 aliphatic rings. The summed E-state index contributed by atoms with van der Waals surface area (Å²) < 4.78 is 0. The third kappa shape index (κ3) is 3.57. The lowest BCUT2D eigenvalue weighted by Gasteiger charge is -2.26. The summed E-state index contributed by atoms with van der Waals surface area (Å²) in [4.78, 5) is 12.4. The Morgan fingerprint density at radius 1 is 1.33 bits per heavy atom. The van der Waals surface area contributed by atoms with Gasteiger partial charge in [-0.15, -0.1) is 12.4 Å². The molecule has 0 saturated heterocycles. The van der Waals surface area contributed by atoms with Gasteiger partial charge in [0, 0.05) is 19.0 Å². The maximum Gasteiger partial charge on any atom is 0.241 e. The number of hydrogen-bond acceptors (Lipinski definition) is 3. The van der Waals surface area contributed by atoms with Crippen LogP contribution in [0.5, 0.6) is 0 Å². The van der Waals surface area contributed by atoms with Gasteiger partial charge < -0.3 is 15.7 Å². The monoisotopic (exact) mass is 310 g/mol. The molecule has 0 radical (unpaired) electrons. The van der Waals surface area contributed by atoms with Crippen molar-refractivity contribution in [3.05, 3.63) is 35.4 Å². The molecule has 3 atom stereocenters. The Morgan fingerprint density at radius 3 is 2.90 bits per heavy atom. The van der Waals surface area contributed by atoms with Crippen LogP contribution in [0.2, 0.25) is 0 Å². The maximum absolute atomic E-state index is 12.4. The van der Waals surface area contributed by atoms with Crippen molar-refractivity contribution in [2.24, 2.45) is 5.92 Å². The highest BCUT2D eigenvalue weighted by Gasteiger charge is 2.29. The Bertz CT molecular complexity index is 495. The van der Waals surface area contributed by atoms with Crippen LogP contribution in [-0.4, -0.2) is 30.2 Å². The number of aliphatic hydroxyl groups excluding tert-OH is 1. The van der Waals surface area contributed by atoms with Gasteiger partial charge in [-0.1, -0.05) is 30.7 Å². The Balaban J connectivity index is 0.00000161. The van der Waals surface area contributed by atoms with E-state index in [1.807, 2.05) is 18.2 Å². The van der Waals surface area contributed by atoms with Crippen LogP contribution in [0.1, 0.15) is 36.4 Å². The number of halogens is 1. The average Bonchev–Trinajstić information content (AvgIpc) is 2.89. The van der Waals surface area contributed by atoms with Crippen molar-refractivity contribution >= 4 is 18.3 Å². The van der Waals surface area contributed by atoms with Crippen molar-refractivity contribution in [2.75, 3.05) is 13.1 Å². The van der Waals surface area contributed by atoms with Gasteiger partial charge in [-0.2, -0.15) is 0 Å². The highest BCUT2D eigenvalue weighted by molar-refractivity contribution is 5.85. The molecule has 21 heavy (non-hydrogen) atoms. The Kier molecular flexibility index (Phi) is 5.62. The lowest BCUT2D eigenvalue weighted by molar-refractivity contribution is -0.123. The molecule has 4 nitrogen and oxygen atoms in total. The first-order chi connectivity index (χ1) is 9.75. The minimum absolute atomic E-state index is 0. The zero-order valence-electron chi connectivity index (χ0n) is 12.0. The lowest BCUT2D eigenvalue weighted by atomic mass is 9.94. The quantitative estimate of drug-likeness (QED) is 0.794. The van der Waals surface area contributed by atoms with Gasteiger partial charge in [0.05, 0.1) is 6.10 Å². The van der Waals surface area contributed by atoms with Crippen molar-refractivity contribution in [1.82, 2.24) is 10.6 Å². The van der Waals surface area contributed by atoms with Gasteiger partial charge in [-0.05, 0) is 30.4 Å². The Hall–Kier alpha value is -1.10. The molecule has 1 aromatic rings. The zero-order chi connectivity index (χ0) is 13.9. The third-order valence-electron chi connectivity index (χ3n) is 4.53. The summed E-state index contributed by atoms with van der Waals surface area (Å²) >= 11 is 0. The van der Waals surface area contributed by atoms with Crippen LogP contribution in [0.3, 0.4) is 0 Å². The number of hydrogen-bond donors (Lipinski definition) is 3. The number of carbonyl (C=O) groups excluding carboxylic acids is 1. The summed E-state index contributed by atoms with van der Waals surface area (Å²) in [7, 11) is 0. The molecule has 3 rings (SSSR count). The van der Waals surface area contributed by atoms with E-state index in [-0.39, 0.29) is 36.4 Å². The molecule has 3 N–H and O–H groups in total. The van der Waals surface area contributed by atoms with E-state index in [1.165, 1.54) is 5.56 Å². The molecule has 1 heterocycles. The maximum atomic E-state index is 12.4. The number of aliphatic hydroxyl groups is 1. The van der Waals surface area contributed by atoms with E-state index in [2.05, 4.69) is 16.7 Å². The summed E-state index contributed by atoms with van der Waals surface area (Å²) in [5.74, 6) is 0.244. The Morgan fingerprint density at radius 2 is 2.14 bits per heavy atom. The van der Waals surface area contributed by atoms with Gasteiger partial charge in [0.25, 0.3) is 0 Å². The van der Waals surface area contributed by atoms with E-state index < -0.39 is 0 Å². The van der Waals surface area contributed by atoms with Gasteiger partial charge in [-0.3, -0.25) is 4.79 Å². The second-order valence-corrected chi connectivity index (χ2v) is 5.84. The molecule has 1 aliphatic heterocycles. The number of fused-ring (bicyclic) bond motifs is 1. The summed E-state index contributed by atoms with van der Waals surface area (Å²) in [6.45, 7) is 1.42. The first-order valence-corrected chi connectivity index (χ1v) is 7.52. The number of carbonyl (C=O) groups is 1. The van der Waals surface area contributed by atoms with Crippen LogP contribution < -0.4 is 10.6 Å². The first-order valence-electron chi connectivity index (χ1n) is 7.52. The largest absolute Gasteiger partial charge is 0.393 e. The zero-order valence-corrected chi connectivity index (χ0v) is 12.9. The molecule has 0 spiro atoms. The molecule has 116 valence electrons. The highest BCUT2D eigenvalue weighted by Crippen LogP contribution is 2.26. The second-order valence-electron chi connectivity index (χ2n) is 5.84. The fourth-order valence-corrected chi connectivity index (χ4v) is 3.33. The van der Waals surface area contributed by atoms with Crippen molar-refractivity contribution in [1.29, 1.82) is 0 Å². The number of benzene rings is 1. The smallest absolute Gasteiger partial charge is 0.241 e. The van der Waals surface area contributed by atoms with Gasteiger partial charge in [0.2, 0.25) is 5.91 Å². The second kappa shape index (κ2) is 7.25. The van der Waals surface area contributed by atoms with E-state index in [0.717, 1.165) is 37.8 Å². The number of nitrogens with one attached hydrogen (secondary N) is 2. The van der Waals surface area contributed by atoms with Crippen LogP contribution in [0.25, 0.3) is 0 Å². The molecule has 1 aliphatic carbocycles. The summed E-state index contributed by atoms with van der Waals surface area (Å²) in [6.07, 6.45) is 3.66. The van der Waals surface area contributed by atoms with E-state index in [0.29, 0.717) is 6.54 Å². The molecule has 1 aromatic carbocycles. The fourth-order valence-electron chi connectivity index (χ4n) is 3.33. The SMILES string of the molecule is Cl.O=C(NCC1CCCC1O)C1NCCc2ccccc21. The van der Waals surface area contributed by atoms with E-state index in [1.54, 1.807) is 0 Å².